The number of benzene rings is 2. The molecule has 1 aromatic heterocycles. The Hall–Kier alpha value is -3.15. The van der Waals surface area contributed by atoms with Gasteiger partial charge >= 0.3 is 0 Å². The van der Waals surface area contributed by atoms with Crippen LogP contribution in [0.15, 0.2) is 54.7 Å². The summed E-state index contributed by atoms with van der Waals surface area (Å²) in [7, 11) is 0. The van der Waals surface area contributed by atoms with Crippen LogP contribution in [-0.4, -0.2) is 28.9 Å². The topological polar surface area (TPSA) is 74.0 Å². The Labute approximate surface area is 169 Å². The first-order valence-electron chi connectivity index (χ1n) is 9.81. The van der Waals surface area contributed by atoms with Crippen LogP contribution in [0.25, 0.3) is 10.9 Å². The predicted octanol–water partition coefficient (Wildman–Crippen LogP) is 3.49. The molecule has 29 heavy (non-hydrogen) atoms. The van der Waals surface area contributed by atoms with E-state index in [4.69, 9.17) is 0 Å². The number of aryl methyl sites for hydroxylation is 1. The van der Waals surface area contributed by atoms with E-state index < -0.39 is 6.04 Å². The van der Waals surface area contributed by atoms with Crippen LogP contribution in [0, 0.1) is 5.82 Å². The van der Waals surface area contributed by atoms with E-state index >= 15 is 0 Å². The highest BCUT2D eigenvalue weighted by atomic mass is 19.1. The zero-order chi connectivity index (χ0) is 20.8. The number of carbonyl (C=O) groups excluding carboxylic acids is 2. The normalized spacial score (nSPS) is 12.1. The highest BCUT2D eigenvalue weighted by molar-refractivity contribution is 5.89. The molecule has 0 saturated heterocycles. The van der Waals surface area contributed by atoms with E-state index in [1.807, 2.05) is 44.3 Å². The van der Waals surface area contributed by atoms with Crippen molar-refractivity contribution in [1.82, 2.24) is 15.6 Å². The number of aromatic amines is 1. The maximum absolute atomic E-state index is 13.3. The van der Waals surface area contributed by atoms with Gasteiger partial charge in [-0.2, -0.15) is 0 Å². The Morgan fingerprint density at radius 3 is 2.62 bits per heavy atom. The summed E-state index contributed by atoms with van der Waals surface area (Å²) in [4.78, 5) is 28.4. The van der Waals surface area contributed by atoms with Crippen LogP contribution in [0.1, 0.15) is 31.4 Å². The molecule has 3 rings (SSSR count). The average molecular weight is 395 g/mol. The predicted molar refractivity (Wildman–Crippen MR) is 112 cm³/mol. The summed E-state index contributed by atoms with van der Waals surface area (Å²) in [6.45, 7) is 3.76. The van der Waals surface area contributed by atoms with Gasteiger partial charge in [-0.25, -0.2) is 4.39 Å². The van der Waals surface area contributed by atoms with Gasteiger partial charge in [0.1, 0.15) is 11.9 Å². The third-order valence-corrected chi connectivity index (χ3v) is 4.71. The Balaban J connectivity index is 1.69. The van der Waals surface area contributed by atoms with Gasteiger partial charge in [-0.1, -0.05) is 30.3 Å². The van der Waals surface area contributed by atoms with E-state index in [0.717, 1.165) is 22.0 Å². The lowest BCUT2D eigenvalue weighted by molar-refractivity contribution is -0.129. The van der Waals surface area contributed by atoms with Crippen molar-refractivity contribution in [3.8, 4) is 0 Å². The molecule has 3 aromatic rings. The molecule has 2 aromatic carbocycles. The Morgan fingerprint density at radius 1 is 1.07 bits per heavy atom. The Bertz CT molecular complexity index is 996. The number of rotatable bonds is 8. The van der Waals surface area contributed by atoms with Gasteiger partial charge in [-0.3, -0.25) is 9.59 Å². The van der Waals surface area contributed by atoms with E-state index in [2.05, 4.69) is 15.6 Å². The summed E-state index contributed by atoms with van der Waals surface area (Å²) in [5.41, 5.74) is 2.71. The summed E-state index contributed by atoms with van der Waals surface area (Å²) >= 11 is 0. The summed E-state index contributed by atoms with van der Waals surface area (Å²) in [6, 6.07) is 13.3. The van der Waals surface area contributed by atoms with Crippen molar-refractivity contribution >= 4 is 22.7 Å². The van der Waals surface area contributed by atoms with Crippen molar-refractivity contribution in [3.63, 3.8) is 0 Å². The molecule has 0 aliphatic heterocycles. The van der Waals surface area contributed by atoms with Crippen LogP contribution in [0.4, 0.5) is 4.39 Å². The number of para-hydroxylation sites is 1. The number of hydrogen-bond donors (Lipinski definition) is 3. The lowest BCUT2D eigenvalue weighted by Crippen LogP contribution is -2.49. The highest BCUT2D eigenvalue weighted by Crippen LogP contribution is 2.19. The van der Waals surface area contributed by atoms with E-state index in [1.165, 1.54) is 12.1 Å². The fourth-order valence-corrected chi connectivity index (χ4v) is 3.33. The summed E-state index contributed by atoms with van der Waals surface area (Å²) in [5, 5.41) is 6.76. The first-order chi connectivity index (χ1) is 13.9. The minimum Gasteiger partial charge on any atom is -0.361 e. The second-order valence-electron chi connectivity index (χ2n) is 7.48. The number of H-pyrrole nitrogens is 1. The first kappa shape index (κ1) is 20.6. The zero-order valence-electron chi connectivity index (χ0n) is 16.7. The number of amides is 2. The molecule has 5 nitrogen and oxygen atoms in total. The van der Waals surface area contributed by atoms with Crippen LogP contribution >= 0.6 is 0 Å². The quantitative estimate of drug-likeness (QED) is 0.546. The van der Waals surface area contributed by atoms with Crippen LogP contribution in [-0.2, 0) is 22.4 Å². The van der Waals surface area contributed by atoms with Crippen molar-refractivity contribution in [2.24, 2.45) is 0 Å². The molecule has 0 bridgehead atoms. The van der Waals surface area contributed by atoms with Crippen molar-refractivity contribution in [2.45, 2.75) is 45.2 Å². The van der Waals surface area contributed by atoms with Crippen molar-refractivity contribution in [1.29, 1.82) is 0 Å². The maximum atomic E-state index is 13.3. The molecule has 3 N–H and O–H groups in total. The first-order valence-corrected chi connectivity index (χ1v) is 9.81. The molecule has 0 fully saturated rings. The SMILES string of the molecule is CC(C)NC(=O)C(Cc1c[nH]c2ccccc12)NC(=O)CCc1cccc(F)c1. The molecular formula is C23H26FN3O2. The molecule has 1 atom stereocenters. The van der Waals surface area contributed by atoms with Gasteiger partial charge in [0.05, 0.1) is 0 Å². The van der Waals surface area contributed by atoms with E-state index in [-0.39, 0.29) is 30.1 Å². The van der Waals surface area contributed by atoms with Crippen molar-refractivity contribution < 1.29 is 14.0 Å². The third-order valence-electron chi connectivity index (χ3n) is 4.71. The number of hydrogen-bond acceptors (Lipinski definition) is 2. The number of halogens is 1. The minimum atomic E-state index is -0.684. The van der Waals surface area contributed by atoms with Gasteiger partial charge in [0.15, 0.2) is 0 Å². The number of nitrogens with one attached hydrogen (secondary N) is 3. The standard InChI is InChI=1S/C23H26FN3O2/c1-15(2)26-23(29)21(13-17-14-25-20-9-4-3-8-19(17)20)27-22(28)11-10-16-6-5-7-18(24)12-16/h3-9,12,14-15,21,25H,10-11,13H2,1-2H3,(H,26,29)(H,27,28). The molecule has 0 aliphatic carbocycles. The molecule has 152 valence electrons. The maximum Gasteiger partial charge on any atom is 0.243 e. The number of aromatic nitrogens is 1. The molecule has 1 heterocycles. The van der Waals surface area contributed by atoms with E-state index in [9.17, 15) is 14.0 Å². The fourth-order valence-electron chi connectivity index (χ4n) is 3.33. The van der Waals surface area contributed by atoms with Crippen LogP contribution in [0.2, 0.25) is 0 Å². The second kappa shape index (κ2) is 9.37. The molecule has 0 radical (unpaired) electrons. The summed E-state index contributed by atoms with van der Waals surface area (Å²) in [5.74, 6) is -0.779. The molecule has 0 aliphatic rings. The lowest BCUT2D eigenvalue weighted by atomic mass is 10.0. The fraction of sp³-hybridized carbons (Fsp3) is 0.304. The summed E-state index contributed by atoms with van der Waals surface area (Å²) in [6.07, 6.45) is 2.85. The number of carbonyl (C=O) groups is 2. The average Bonchev–Trinajstić information content (AvgIpc) is 3.08. The molecule has 0 spiro atoms. The Morgan fingerprint density at radius 2 is 1.86 bits per heavy atom. The molecule has 6 heteroatoms. The summed E-state index contributed by atoms with van der Waals surface area (Å²) < 4.78 is 13.3. The van der Waals surface area contributed by atoms with Gasteiger partial charge < -0.3 is 15.6 Å². The number of fused-ring (bicyclic) bond motifs is 1. The van der Waals surface area contributed by atoms with Gasteiger partial charge in [0, 0.05) is 36.0 Å². The van der Waals surface area contributed by atoms with E-state index in [1.54, 1.807) is 12.1 Å². The largest absolute Gasteiger partial charge is 0.361 e. The Kier molecular flexibility index (Phi) is 6.65. The van der Waals surface area contributed by atoms with Gasteiger partial charge in [0.2, 0.25) is 11.8 Å². The van der Waals surface area contributed by atoms with Crippen molar-refractivity contribution in [2.75, 3.05) is 0 Å². The van der Waals surface area contributed by atoms with Gasteiger partial charge in [-0.05, 0) is 49.6 Å². The van der Waals surface area contributed by atoms with Crippen LogP contribution < -0.4 is 10.6 Å². The molecular weight excluding hydrogens is 369 g/mol. The molecule has 0 saturated carbocycles. The molecule has 1 unspecified atom stereocenters. The van der Waals surface area contributed by atoms with Crippen molar-refractivity contribution in [3.05, 3.63) is 71.7 Å². The second-order valence-corrected chi connectivity index (χ2v) is 7.48. The minimum absolute atomic E-state index is 0.0304. The van der Waals surface area contributed by atoms with Crippen LogP contribution in [0.3, 0.4) is 0 Å². The highest BCUT2D eigenvalue weighted by Gasteiger charge is 2.23. The monoisotopic (exact) mass is 395 g/mol. The van der Waals surface area contributed by atoms with Gasteiger partial charge in [-0.15, -0.1) is 0 Å². The lowest BCUT2D eigenvalue weighted by Gasteiger charge is -2.20. The smallest absolute Gasteiger partial charge is 0.243 e. The molecule has 2 amide bonds. The van der Waals surface area contributed by atoms with Crippen LogP contribution in [0.5, 0.6) is 0 Å². The third kappa shape index (κ3) is 5.67. The van der Waals surface area contributed by atoms with E-state index in [0.29, 0.717) is 12.8 Å². The zero-order valence-corrected chi connectivity index (χ0v) is 16.7. The van der Waals surface area contributed by atoms with Gasteiger partial charge in [0.25, 0.3) is 0 Å².